The van der Waals surface area contributed by atoms with Crippen molar-refractivity contribution < 1.29 is 0 Å². The molecular formula is C16H18N4O. The Kier molecular flexibility index (Phi) is 3.48. The fourth-order valence-electron chi connectivity index (χ4n) is 2.51. The Labute approximate surface area is 122 Å². The van der Waals surface area contributed by atoms with Crippen molar-refractivity contribution in [3.63, 3.8) is 0 Å². The van der Waals surface area contributed by atoms with Crippen LogP contribution in [0.2, 0.25) is 0 Å². The van der Waals surface area contributed by atoms with Crippen molar-refractivity contribution in [1.82, 2.24) is 14.1 Å². The van der Waals surface area contributed by atoms with E-state index in [-0.39, 0.29) is 5.56 Å². The van der Waals surface area contributed by atoms with E-state index in [2.05, 4.69) is 10.3 Å². The van der Waals surface area contributed by atoms with E-state index in [1.165, 1.54) is 0 Å². The molecule has 5 heteroatoms. The lowest BCUT2D eigenvalue weighted by molar-refractivity contribution is 0.741. The topological polar surface area (TPSA) is 51.9 Å². The van der Waals surface area contributed by atoms with Crippen LogP contribution in [0.1, 0.15) is 12.6 Å². The number of hydrogen-bond donors (Lipinski definition) is 1. The van der Waals surface area contributed by atoms with E-state index in [9.17, 15) is 4.79 Å². The molecule has 0 amide bonds. The van der Waals surface area contributed by atoms with E-state index >= 15 is 0 Å². The van der Waals surface area contributed by atoms with Crippen molar-refractivity contribution in [2.45, 2.75) is 13.5 Å². The average Bonchev–Trinajstić information content (AvgIpc) is 2.85. The minimum absolute atomic E-state index is 0.00986. The summed E-state index contributed by atoms with van der Waals surface area (Å²) in [5.41, 5.74) is 2.62. The number of fused-ring (bicyclic) bond motifs is 1. The first-order chi connectivity index (χ1) is 10.2. The summed E-state index contributed by atoms with van der Waals surface area (Å²) in [4.78, 5) is 16.9. The Balaban J connectivity index is 1.98. The van der Waals surface area contributed by atoms with Gasteiger partial charge in [0, 0.05) is 43.3 Å². The van der Waals surface area contributed by atoms with Crippen molar-refractivity contribution in [1.29, 1.82) is 0 Å². The van der Waals surface area contributed by atoms with Crippen molar-refractivity contribution in [2.75, 3.05) is 11.9 Å². The van der Waals surface area contributed by atoms with Crippen LogP contribution in [-0.4, -0.2) is 20.7 Å². The molecule has 21 heavy (non-hydrogen) atoms. The van der Waals surface area contributed by atoms with Gasteiger partial charge in [-0.1, -0.05) is 0 Å². The minimum atomic E-state index is 0.00986. The number of nitrogens with zero attached hydrogens (tertiary/aromatic N) is 3. The molecule has 0 radical (unpaired) electrons. The third-order valence-electron chi connectivity index (χ3n) is 3.53. The van der Waals surface area contributed by atoms with E-state index < -0.39 is 0 Å². The maximum atomic E-state index is 12.5. The van der Waals surface area contributed by atoms with Crippen LogP contribution in [0.5, 0.6) is 0 Å². The lowest BCUT2D eigenvalue weighted by atomic mass is 10.3. The highest BCUT2D eigenvalue weighted by Crippen LogP contribution is 2.11. The molecule has 1 N–H and O–H groups in total. The van der Waals surface area contributed by atoms with Crippen LogP contribution in [-0.2, 0) is 13.6 Å². The first kappa shape index (κ1) is 13.4. The molecule has 5 nitrogen and oxygen atoms in total. The minimum Gasteiger partial charge on any atom is -0.385 e. The summed E-state index contributed by atoms with van der Waals surface area (Å²) in [7, 11) is 1.89. The third-order valence-corrected chi connectivity index (χ3v) is 3.53. The van der Waals surface area contributed by atoms with Gasteiger partial charge in [0.05, 0.1) is 12.2 Å². The first-order valence-corrected chi connectivity index (χ1v) is 7.02. The maximum Gasteiger partial charge on any atom is 0.275 e. The van der Waals surface area contributed by atoms with Crippen LogP contribution < -0.4 is 10.9 Å². The Bertz CT molecular complexity index is 832. The number of nitrogens with one attached hydrogen (secondary N) is 1. The summed E-state index contributed by atoms with van der Waals surface area (Å²) in [6, 6.07) is 7.82. The zero-order chi connectivity index (χ0) is 14.8. The summed E-state index contributed by atoms with van der Waals surface area (Å²) >= 11 is 0. The molecule has 0 spiro atoms. The van der Waals surface area contributed by atoms with Gasteiger partial charge in [0.2, 0.25) is 0 Å². The number of hydrogen-bond acceptors (Lipinski definition) is 3. The van der Waals surface area contributed by atoms with Gasteiger partial charge in [0.15, 0.2) is 0 Å². The second-order valence-corrected chi connectivity index (χ2v) is 5.05. The van der Waals surface area contributed by atoms with Crippen LogP contribution in [0.4, 0.5) is 5.69 Å². The van der Waals surface area contributed by atoms with Gasteiger partial charge in [-0.05, 0) is 31.2 Å². The normalized spacial score (nSPS) is 11.0. The highest BCUT2D eigenvalue weighted by molar-refractivity contribution is 5.78. The average molecular weight is 282 g/mol. The molecule has 0 aliphatic carbocycles. The maximum absolute atomic E-state index is 12.5. The lowest BCUT2D eigenvalue weighted by Gasteiger charge is -2.08. The molecule has 0 aliphatic heterocycles. The van der Waals surface area contributed by atoms with Crippen molar-refractivity contribution in [3.05, 3.63) is 58.9 Å². The molecule has 3 aromatic heterocycles. The molecule has 3 aromatic rings. The summed E-state index contributed by atoms with van der Waals surface area (Å²) < 4.78 is 3.55. The zero-order valence-electron chi connectivity index (χ0n) is 12.2. The van der Waals surface area contributed by atoms with E-state index in [4.69, 9.17) is 0 Å². The largest absolute Gasteiger partial charge is 0.385 e. The summed E-state index contributed by atoms with van der Waals surface area (Å²) in [6.07, 6.45) is 5.49. The molecular weight excluding hydrogens is 264 g/mol. The Morgan fingerprint density at radius 3 is 2.86 bits per heavy atom. The standard InChI is InChI=1S/C16H18N4O/c1-3-17-13-4-7-18-14(10-13)11-20-9-6-12-5-8-19(2)15(12)16(20)21/h4-10H,3,11H2,1-2H3,(H,17,18). The molecule has 3 rings (SSSR count). The number of aryl methyl sites for hydroxylation is 1. The lowest BCUT2D eigenvalue weighted by Crippen LogP contribution is -2.21. The highest BCUT2D eigenvalue weighted by Gasteiger charge is 2.07. The van der Waals surface area contributed by atoms with Crippen LogP contribution >= 0.6 is 0 Å². The fraction of sp³-hybridized carbons (Fsp3) is 0.250. The fourth-order valence-corrected chi connectivity index (χ4v) is 2.51. The van der Waals surface area contributed by atoms with Crippen molar-refractivity contribution in [2.24, 2.45) is 7.05 Å². The van der Waals surface area contributed by atoms with E-state index in [1.54, 1.807) is 10.8 Å². The highest BCUT2D eigenvalue weighted by atomic mass is 16.1. The van der Waals surface area contributed by atoms with Crippen molar-refractivity contribution >= 4 is 16.6 Å². The number of anilines is 1. The van der Waals surface area contributed by atoms with Crippen LogP contribution in [0, 0.1) is 0 Å². The summed E-state index contributed by atoms with van der Waals surface area (Å²) in [5, 5.41) is 4.22. The van der Waals surface area contributed by atoms with E-state index in [1.807, 2.05) is 55.2 Å². The Morgan fingerprint density at radius 2 is 2.05 bits per heavy atom. The molecule has 0 saturated heterocycles. The Morgan fingerprint density at radius 1 is 1.24 bits per heavy atom. The summed E-state index contributed by atoms with van der Waals surface area (Å²) in [6.45, 7) is 3.38. The zero-order valence-corrected chi connectivity index (χ0v) is 12.2. The molecule has 108 valence electrons. The first-order valence-electron chi connectivity index (χ1n) is 7.02. The smallest absolute Gasteiger partial charge is 0.275 e. The van der Waals surface area contributed by atoms with Crippen LogP contribution in [0.15, 0.2) is 47.7 Å². The number of aromatic nitrogens is 3. The van der Waals surface area contributed by atoms with Gasteiger partial charge < -0.3 is 14.5 Å². The predicted molar refractivity (Wildman–Crippen MR) is 84.7 cm³/mol. The van der Waals surface area contributed by atoms with Gasteiger partial charge in [0.1, 0.15) is 5.52 Å². The van der Waals surface area contributed by atoms with Gasteiger partial charge in [-0.15, -0.1) is 0 Å². The van der Waals surface area contributed by atoms with Crippen molar-refractivity contribution in [3.8, 4) is 0 Å². The quantitative estimate of drug-likeness (QED) is 0.798. The Hall–Kier alpha value is -2.56. The molecule has 0 unspecified atom stereocenters. The van der Waals surface area contributed by atoms with Gasteiger partial charge in [-0.25, -0.2) is 0 Å². The third kappa shape index (κ3) is 2.54. The van der Waals surface area contributed by atoms with Crippen LogP contribution in [0.25, 0.3) is 10.9 Å². The van der Waals surface area contributed by atoms with Gasteiger partial charge in [0.25, 0.3) is 5.56 Å². The second kappa shape index (κ2) is 5.44. The molecule has 0 saturated carbocycles. The summed E-state index contributed by atoms with van der Waals surface area (Å²) in [5.74, 6) is 0. The van der Waals surface area contributed by atoms with Gasteiger partial charge >= 0.3 is 0 Å². The van der Waals surface area contributed by atoms with E-state index in [0.717, 1.165) is 28.8 Å². The van der Waals surface area contributed by atoms with Gasteiger partial charge in [-0.3, -0.25) is 9.78 Å². The molecule has 0 aliphatic rings. The predicted octanol–water partition coefficient (Wildman–Crippen LogP) is 2.22. The van der Waals surface area contributed by atoms with Gasteiger partial charge in [-0.2, -0.15) is 0 Å². The number of pyridine rings is 2. The number of rotatable bonds is 4. The second-order valence-electron chi connectivity index (χ2n) is 5.05. The monoisotopic (exact) mass is 282 g/mol. The SMILES string of the molecule is CCNc1ccnc(Cn2ccc3ccn(C)c3c2=O)c1. The molecule has 0 bridgehead atoms. The molecule has 0 fully saturated rings. The van der Waals surface area contributed by atoms with Crippen LogP contribution in [0.3, 0.4) is 0 Å². The molecule has 3 heterocycles. The molecule has 0 aromatic carbocycles. The molecule has 0 atom stereocenters. The van der Waals surface area contributed by atoms with E-state index in [0.29, 0.717) is 6.54 Å².